The molecule has 0 aliphatic rings. The van der Waals surface area contributed by atoms with Crippen LogP contribution in [0, 0.1) is 0 Å². The fourth-order valence-electron chi connectivity index (χ4n) is 1.84. The number of aromatic nitrogens is 2. The molecule has 18 heavy (non-hydrogen) atoms. The van der Waals surface area contributed by atoms with Crippen LogP contribution >= 0.6 is 0 Å². The second kappa shape index (κ2) is 5.46. The highest BCUT2D eigenvalue weighted by atomic mass is 16.4. The van der Waals surface area contributed by atoms with E-state index < -0.39 is 5.97 Å². The van der Waals surface area contributed by atoms with Crippen LogP contribution < -0.4 is 5.73 Å². The second-order valence-corrected chi connectivity index (χ2v) is 4.08. The van der Waals surface area contributed by atoms with E-state index in [9.17, 15) is 4.79 Å². The number of benzene rings is 1. The average Bonchev–Trinajstić information content (AvgIpc) is 2.79. The zero-order chi connectivity index (χ0) is 13.0. The van der Waals surface area contributed by atoms with Crippen molar-refractivity contribution in [3.05, 3.63) is 53.6 Å². The van der Waals surface area contributed by atoms with Gasteiger partial charge in [0.25, 0.3) is 0 Å². The number of carboxylic acids is 1. The van der Waals surface area contributed by atoms with Gasteiger partial charge in [0.2, 0.25) is 0 Å². The van der Waals surface area contributed by atoms with Crippen molar-refractivity contribution in [1.82, 2.24) is 9.55 Å². The van der Waals surface area contributed by atoms with Gasteiger partial charge >= 0.3 is 5.97 Å². The first kappa shape index (κ1) is 12.3. The molecule has 94 valence electrons. The van der Waals surface area contributed by atoms with Gasteiger partial charge in [-0.3, -0.25) is 4.79 Å². The predicted molar refractivity (Wildman–Crippen MR) is 67.0 cm³/mol. The van der Waals surface area contributed by atoms with E-state index in [0.29, 0.717) is 13.1 Å². The molecule has 0 bridgehead atoms. The minimum absolute atomic E-state index is 0.0363. The summed E-state index contributed by atoms with van der Waals surface area (Å²) in [5.41, 5.74) is 8.14. The standard InChI is InChI=1S/C13H15N3O2/c14-6-12-8-16(9-15-12)7-11-4-2-1-3-10(11)5-13(17)18/h1-4,8-9H,5-7,14H2,(H,17,18). The summed E-state index contributed by atoms with van der Waals surface area (Å²) in [6.45, 7) is 1.01. The van der Waals surface area contributed by atoms with E-state index in [0.717, 1.165) is 16.8 Å². The summed E-state index contributed by atoms with van der Waals surface area (Å²) in [4.78, 5) is 14.9. The van der Waals surface area contributed by atoms with Crippen molar-refractivity contribution in [2.75, 3.05) is 0 Å². The van der Waals surface area contributed by atoms with E-state index in [2.05, 4.69) is 4.98 Å². The molecule has 0 aliphatic carbocycles. The largest absolute Gasteiger partial charge is 0.481 e. The number of carboxylic acid groups (broad SMARTS) is 1. The summed E-state index contributed by atoms with van der Waals surface area (Å²) in [6, 6.07) is 7.52. The zero-order valence-electron chi connectivity index (χ0n) is 9.91. The van der Waals surface area contributed by atoms with Crippen molar-refractivity contribution < 1.29 is 9.90 Å². The van der Waals surface area contributed by atoms with E-state index in [1.54, 1.807) is 6.33 Å². The lowest BCUT2D eigenvalue weighted by Gasteiger charge is -2.08. The fraction of sp³-hybridized carbons (Fsp3) is 0.231. The van der Waals surface area contributed by atoms with Crippen molar-refractivity contribution >= 4 is 5.97 Å². The molecule has 5 heteroatoms. The molecule has 0 amide bonds. The molecule has 0 atom stereocenters. The highest BCUT2D eigenvalue weighted by Gasteiger charge is 2.07. The van der Waals surface area contributed by atoms with Gasteiger partial charge in [-0.2, -0.15) is 0 Å². The number of carbonyl (C=O) groups is 1. The van der Waals surface area contributed by atoms with E-state index in [-0.39, 0.29) is 6.42 Å². The van der Waals surface area contributed by atoms with Gasteiger partial charge in [0.05, 0.1) is 18.4 Å². The lowest BCUT2D eigenvalue weighted by atomic mass is 10.0. The first-order valence-corrected chi connectivity index (χ1v) is 5.68. The molecular weight excluding hydrogens is 230 g/mol. The zero-order valence-corrected chi connectivity index (χ0v) is 9.91. The van der Waals surface area contributed by atoms with Crippen LogP contribution in [-0.2, 0) is 24.3 Å². The van der Waals surface area contributed by atoms with Gasteiger partial charge in [0.1, 0.15) is 0 Å². The highest BCUT2D eigenvalue weighted by molar-refractivity contribution is 5.70. The van der Waals surface area contributed by atoms with Crippen LogP contribution in [0.5, 0.6) is 0 Å². The third-order valence-electron chi connectivity index (χ3n) is 2.71. The average molecular weight is 245 g/mol. The highest BCUT2D eigenvalue weighted by Crippen LogP contribution is 2.12. The summed E-state index contributed by atoms with van der Waals surface area (Å²) in [6.07, 6.45) is 3.62. The lowest BCUT2D eigenvalue weighted by molar-refractivity contribution is -0.136. The Bertz CT molecular complexity index is 549. The van der Waals surface area contributed by atoms with E-state index in [1.807, 2.05) is 35.0 Å². The minimum Gasteiger partial charge on any atom is -0.481 e. The Morgan fingerprint density at radius 1 is 1.33 bits per heavy atom. The van der Waals surface area contributed by atoms with Gasteiger partial charge in [-0.25, -0.2) is 4.98 Å². The molecule has 1 heterocycles. The number of aliphatic carboxylic acids is 1. The molecule has 2 aromatic rings. The quantitative estimate of drug-likeness (QED) is 0.824. The normalized spacial score (nSPS) is 10.5. The molecule has 1 aromatic carbocycles. The van der Waals surface area contributed by atoms with Gasteiger partial charge in [0, 0.05) is 19.3 Å². The number of hydrogen-bond donors (Lipinski definition) is 2. The Morgan fingerprint density at radius 2 is 2.06 bits per heavy atom. The van der Waals surface area contributed by atoms with Crippen LogP contribution in [0.15, 0.2) is 36.8 Å². The van der Waals surface area contributed by atoms with Gasteiger partial charge < -0.3 is 15.4 Å². The first-order chi connectivity index (χ1) is 8.69. The number of imidazole rings is 1. The summed E-state index contributed by atoms with van der Waals surface area (Å²) in [7, 11) is 0. The maximum Gasteiger partial charge on any atom is 0.307 e. The molecule has 0 fully saturated rings. The van der Waals surface area contributed by atoms with Crippen LogP contribution in [0.25, 0.3) is 0 Å². The van der Waals surface area contributed by atoms with Crippen molar-refractivity contribution in [1.29, 1.82) is 0 Å². The fourth-order valence-corrected chi connectivity index (χ4v) is 1.84. The van der Waals surface area contributed by atoms with Crippen LogP contribution in [0.2, 0.25) is 0 Å². The summed E-state index contributed by atoms with van der Waals surface area (Å²) in [5, 5.41) is 8.86. The topological polar surface area (TPSA) is 81.1 Å². The molecule has 0 saturated carbocycles. The van der Waals surface area contributed by atoms with E-state index >= 15 is 0 Å². The SMILES string of the molecule is NCc1cn(Cc2ccccc2CC(=O)O)cn1. The third-order valence-corrected chi connectivity index (χ3v) is 2.71. The smallest absolute Gasteiger partial charge is 0.307 e. The number of rotatable bonds is 5. The number of nitrogens with zero attached hydrogens (tertiary/aromatic N) is 2. The first-order valence-electron chi connectivity index (χ1n) is 5.68. The Labute approximate surface area is 105 Å². The van der Waals surface area contributed by atoms with Crippen molar-refractivity contribution in [3.63, 3.8) is 0 Å². The second-order valence-electron chi connectivity index (χ2n) is 4.08. The van der Waals surface area contributed by atoms with Crippen molar-refractivity contribution in [3.8, 4) is 0 Å². The molecule has 0 spiro atoms. The minimum atomic E-state index is -0.823. The van der Waals surface area contributed by atoms with Crippen molar-refractivity contribution in [2.45, 2.75) is 19.5 Å². The summed E-state index contributed by atoms with van der Waals surface area (Å²) < 4.78 is 1.91. The maximum absolute atomic E-state index is 10.8. The Kier molecular flexibility index (Phi) is 3.74. The Hall–Kier alpha value is -2.14. The Balaban J connectivity index is 2.20. The number of hydrogen-bond acceptors (Lipinski definition) is 3. The van der Waals surface area contributed by atoms with Gasteiger partial charge in [-0.15, -0.1) is 0 Å². The van der Waals surface area contributed by atoms with Crippen LogP contribution in [-0.4, -0.2) is 20.6 Å². The molecule has 5 nitrogen and oxygen atoms in total. The monoisotopic (exact) mass is 245 g/mol. The molecule has 2 rings (SSSR count). The molecule has 0 unspecified atom stereocenters. The molecule has 0 aliphatic heterocycles. The van der Waals surface area contributed by atoms with Gasteiger partial charge in [0.15, 0.2) is 0 Å². The van der Waals surface area contributed by atoms with Crippen LogP contribution in [0.1, 0.15) is 16.8 Å². The summed E-state index contributed by atoms with van der Waals surface area (Å²) >= 11 is 0. The van der Waals surface area contributed by atoms with Crippen LogP contribution in [0.4, 0.5) is 0 Å². The van der Waals surface area contributed by atoms with Gasteiger partial charge in [-0.1, -0.05) is 24.3 Å². The molecule has 3 N–H and O–H groups in total. The number of nitrogens with two attached hydrogens (primary N) is 1. The maximum atomic E-state index is 10.8. The molecular formula is C13H15N3O2. The third kappa shape index (κ3) is 2.95. The van der Waals surface area contributed by atoms with E-state index in [1.165, 1.54) is 0 Å². The molecule has 0 saturated heterocycles. The predicted octanol–water partition coefficient (Wildman–Crippen LogP) is 1.02. The van der Waals surface area contributed by atoms with E-state index in [4.69, 9.17) is 10.8 Å². The molecule has 0 radical (unpaired) electrons. The molecule has 1 aromatic heterocycles. The summed E-state index contributed by atoms with van der Waals surface area (Å²) in [5.74, 6) is -0.823. The van der Waals surface area contributed by atoms with Crippen LogP contribution in [0.3, 0.4) is 0 Å². The van der Waals surface area contributed by atoms with Gasteiger partial charge in [-0.05, 0) is 11.1 Å². The van der Waals surface area contributed by atoms with Crippen molar-refractivity contribution in [2.24, 2.45) is 5.73 Å². The Morgan fingerprint density at radius 3 is 2.67 bits per heavy atom. The lowest BCUT2D eigenvalue weighted by Crippen LogP contribution is -2.06.